The van der Waals surface area contributed by atoms with Crippen LogP contribution in [-0.2, 0) is 9.59 Å². The highest BCUT2D eigenvalue weighted by atomic mass is 35.5. The number of aryl methyl sites for hydroxylation is 2. The maximum Gasteiger partial charge on any atom is 0.315 e. The maximum absolute atomic E-state index is 11.3. The molecule has 0 aliphatic heterocycles. The zero-order chi connectivity index (χ0) is 12.1. The summed E-state index contributed by atoms with van der Waals surface area (Å²) in [4.78, 5) is 27.6. The number of nitrogens with one attached hydrogen (secondary N) is 2. The van der Waals surface area contributed by atoms with E-state index in [1.807, 2.05) is 13.8 Å². The minimum atomic E-state index is -0.723. The second kappa shape index (κ2) is 5.81. The highest BCUT2D eigenvalue weighted by molar-refractivity contribution is 7.15. The molecule has 2 amide bonds. The molecule has 0 unspecified atom stereocenters. The van der Waals surface area contributed by atoms with Crippen LogP contribution in [0, 0.1) is 13.8 Å². The summed E-state index contributed by atoms with van der Waals surface area (Å²) >= 11 is 6.71. The Hall–Kier alpha value is -1.14. The molecule has 0 spiro atoms. The number of anilines is 1. The van der Waals surface area contributed by atoms with Crippen molar-refractivity contribution in [2.45, 2.75) is 13.8 Å². The Labute approximate surface area is 102 Å². The van der Waals surface area contributed by atoms with Crippen LogP contribution in [0.1, 0.15) is 10.6 Å². The number of halogens is 1. The van der Waals surface area contributed by atoms with Gasteiger partial charge in [0.25, 0.3) is 0 Å². The van der Waals surface area contributed by atoms with Crippen molar-refractivity contribution >= 4 is 39.9 Å². The predicted octanol–water partition coefficient (Wildman–Crippen LogP) is 1.05. The van der Waals surface area contributed by atoms with Gasteiger partial charge in [0, 0.05) is 17.3 Å². The van der Waals surface area contributed by atoms with Crippen LogP contribution >= 0.6 is 22.9 Å². The molecule has 0 atom stereocenters. The third-order valence-electron chi connectivity index (χ3n) is 1.84. The van der Waals surface area contributed by atoms with E-state index in [1.165, 1.54) is 11.3 Å². The summed E-state index contributed by atoms with van der Waals surface area (Å²) in [5, 5.41) is 5.22. The number of amides is 2. The fourth-order valence-corrected chi connectivity index (χ4v) is 1.83. The molecule has 0 aromatic carbocycles. The molecular formula is C9H12ClN3O2S. The van der Waals surface area contributed by atoms with E-state index in [2.05, 4.69) is 15.6 Å². The molecule has 0 aliphatic carbocycles. The lowest BCUT2D eigenvalue weighted by Crippen LogP contribution is -2.36. The van der Waals surface area contributed by atoms with Crippen molar-refractivity contribution in [2.24, 2.45) is 0 Å². The largest absolute Gasteiger partial charge is 0.347 e. The van der Waals surface area contributed by atoms with Gasteiger partial charge in [0.05, 0.1) is 5.69 Å². The number of nitrogens with zero attached hydrogens (tertiary/aromatic N) is 1. The number of carbonyl (C=O) groups is 2. The van der Waals surface area contributed by atoms with Gasteiger partial charge in [0.1, 0.15) is 0 Å². The Kier molecular flexibility index (Phi) is 4.70. The number of thiazole rings is 1. The first-order chi connectivity index (χ1) is 7.54. The second-order valence-electron chi connectivity index (χ2n) is 3.06. The molecule has 0 saturated carbocycles. The van der Waals surface area contributed by atoms with Crippen LogP contribution in [0.15, 0.2) is 0 Å². The monoisotopic (exact) mass is 261 g/mol. The van der Waals surface area contributed by atoms with Crippen molar-refractivity contribution in [1.29, 1.82) is 0 Å². The smallest absolute Gasteiger partial charge is 0.315 e. The Balaban J connectivity index is 2.54. The summed E-state index contributed by atoms with van der Waals surface area (Å²) < 4.78 is 0. The third kappa shape index (κ3) is 3.46. The van der Waals surface area contributed by atoms with Gasteiger partial charge < -0.3 is 5.32 Å². The number of alkyl halides is 1. The molecule has 2 N–H and O–H groups in total. The number of hydrogen-bond donors (Lipinski definition) is 2. The van der Waals surface area contributed by atoms with Gasteiger partial charge in [-0.3, -0.25) is 14.9 Å². The van der Waals surface area contributed by atoms with Crippen LogP contribution in [0.25, 0.3) is 0 Å². The van der Waals surface area contributed by atoms with E-state index >= 15 is 0 Å². The minimum Gasteiger partial charge on any atom is -0.347 e. The number of hydrogen-bond acceptors (Lipinski definition) is 4. The highest BCUT2D eigenvalue weighted by Crippen LogP contribution is 2.20. The Morgan fingerprint density at radius 2 is 2.06 bits per heavy atom. The highest BCUT2D eigenvalue weighted by Gasteiger charge is 2.15. The molecule has 0 saturated heterocycles. The average molecular weight is 262 g/mol. The summed E-state index contributed by atoms with van der Waals surface area (Å²) in [5.41, 5.74) is 0.849. The molecule has 16 heavy (non-hydrogen) atoms. The third-order valence-corrected chi connectivity index (χ3v) is 3.01. The van der Waals surface area contributed by atoms with E-state index in [1.54, 1.807) is 0 Å². The minimum absolute atomic E-state index is 0.268. The standard InChI is InChI=1S/C9H12ClN3O2S/c1-5-6(2)16-9(12-5)13-8(15)7(14)11-4-3-10/h3-4H2,1-2H3,(H,11,14)(H,12,13,15). The van der Waals surface area contributed by atoms with E-state index < -0.39 is 11.8 Å². The Bertz CT molecular complexity index is 386. The lowest BCUT2D eigenvalue weighted by atomic mass is 10.4. The summed E-state index contributed by atoms with van der Waals surface area (Å²) in [6, 6.07) is 0. The van der Waals surface area contributed by atoms with Crippen molar-refractivity contribution in [3.05, 3.63) is 10.6 Å². The average Bonchev–Trinajstić information content (AvgIpc) is 2.54. The van der Waals surface area contributed by atoms with Gasteiger partial charge in [-0.25, -0.2) is 4.98 Å². The number of aromatic nitrogens is 1. The van der Waals surface area contributed by atoms with Crippen LogP contribution < -0.4 is 10.6 Å². The van der Waals surface area contributed by atoms with Gasteiger partial charge in [0.15, 0.2) is 5.13 Å². The molecule has 1 rings (SSSR count). The van der Waals surface area contributed by atoms with Gasteiger partial charge in [-0.05, 0) is 13.8 Å². The molecular weight excluding hydrogens is 250 g/mol. The van der Waals surface area contributed by atoms with Gasteiger partial charge in [-0.2, -0.15) is 0 Å². The van der Waals surface area contributed by atoms with E-state index in [0.29, 0.717) is 5.13 Å². The van der Waals surface area contributed by atoms with E-state index in [9.17, 15) is 9.59 Å². The van der Waals surface area contributed by atoms with E-state index in [-0.39, 0.29) is 12.4 Å². The van der Waals surface area contributed by atoms with Crippen molar-refractivity contribution in [1.82, 2.24) is 10.3 Å². The molecule has 1 heterocycles. The molecule has 0 radical (unpaired) electrons. The summed E-state index contributed by atoms with van der Waals surface area (Å²) in [5.74, 6) is -1.15. The quantitative estimate of drug-likeness (QED) is 0.631. The van der Waals surface area contributed by atoms with E-state index in [0.717, 1.165) is 10.6 Å². The first-order valence-corrected chi connectivity index (χ1v) is 5.99. The van der Waals surface area contributed by atoms with Crippen LogP contribution in [0.2, 0.25) is 0 Å². The lowest BCUT2D eigenvalue weighted by molar-refractivity contribution is -0.136. The lowest BCUT2D eigenvalue weighted by Gasteiger charge is -2.01. The molecule has 1 aromatic rings. The van der Waals surface area contributed by atoms with Crippen molar-refractivity contribution in [2.75, 3.05) is 17.7 Å². The van der Waals surface area contributed by atoms with Crippen molar-refractivity contribution in [3.63, 3.8) is 0 Å². The first-order valence-electron chi connectivity index (χ1n) is 4.63. The normalized spacial score (nSPS) is 9.94. The van der Waals surface area contributed by atoms with Gasteiger partial charge in [-0.1, -0.05) is 0 Å². The Morgan fingerprint density at radius 3 is 2.56 bits per heavy atom. The topological polar surface area (TPSA) is 71.1 Å². The molecule has 5 nitrogen and oxygen atoms in total. The zero-order valence-corrected chi connectivity index (χ0v) is 10.5. The summed E-state index contributed by atoms with van der Waals surface area (Å²) in [6.45, 7) is 4.01. The Morgan fingerprint density at radius 1 is 1.38 bits per heavy atom. The van der Waals surface area contributed by atoms with Gasteiger partial charge >= 0.3 is 11.8 Å². The first kappa shape index (κ1) is 12.9. The van der Waals surface area contributed by atoms with Crippen LogP contribution in [0.4, 0.5) is 5.13 Å². The van der Waals surface area contributed by atoms with Crippen molar-refractivity contribution in [3.8, 4) is 0 Å². The molecule has 0 aliphatic rings. The fourth-order valence-electron chi connectivity index (χ4n) is 0.921. The molecule has 0 bridgehead atoms. The maximum atomic E-state index is 11.3. The molecule has 0 fully saturated rings. The van der Waals surface area contributed by atoms with Gasteiger partial charge in [0.2, 0.25) is 0 Å². The molecule has 7 heteroatoms. The molecule has 88 valence electrons. The summed E-state index contributed by atoms with van der Waals surface area (Å²) in [7, 11) is 0. The van der Waals surface area contributed by atoms with Crippen LogP contribution in [0.3, 0.4) is 0 Å². The van der Waals surface area contributed by atoms with Crippen LogP contribution in [-0.4, -0.2) is 29.2 Å². The zero-order valence-electron chi connectivity index (χ0n) is 8.96. The van der Waals surface area contributed by atoms with Crippen molar-refractivity contribution < 1.29 is 9.59 Å². The number of carbonyl (C=O) groups excluding carboxylic acids is 2. The van der Waals surface area contributed by atoms with Gasteiger partial charge in [-0.15, -0.1) is 22.9 Å². The molecule has 1 aromatic heterocycles. The predicted molar refractivity (Wildman–Crippen MR) is 63.9 cm³/mol. The van der Waals surface area contributed by atoms with E-state index in [4.69, 9.17) is 11.6 Å². The second-order valence-corrected chi connectivity index (χ2v) is 4.64. The number of rotatable bonds is 3. The summed E-state index contributed by atoms with van der Waals surface area (Å²) in [6.07, 6.45) is 0. The SMILES string of the molecule is Cc1nc(NC(=O)C(=O)NCCCl)sc1C. The van der Waals surface area contributed by atoms with Crippen LogP contribution in [0.5, 0.6) is 0 Å². The fraction of sp³-hybridized carbons (Fsp3) is 0.444.